The van der Waals surface area contributed by atoms with Crippen molar-refractivity contribution in [3.63, 3.8) is 0 Å². The zero-order chi connectivity index (χ0) is 14.0. The van der Waals surface area contributed by atoms with E-state index in [4.69, 9.17) is 0 Å². The summed E-state index contributed by atoms with van der Waals surface area (Å²) in [5, 5.41) is 0. The van der Waals surface area contributed by atoms with Crippen LogP contribution in [0, 0.1) is 0 Å². The van der Waals surface area contributed by atoms with E-state index >= 15 is 0 Å². The molecule has 0 aromatic carbocycles. The van der Waals surface area contributed by atoms with Gasteiger partial charge < -0.3 is 0 Å². The van der Waals surface area contributed by atoms with Gasteiger partial charge in [0.05, 0.1) is 0 Å². The number of allylic oxidation sites excluding steroid dienone is 4. The van der Waals surface area contributed by atoms with Gasteiger partial charge in [0.1, 0.15) is 0 Å². The van der Waals surface area contributed by atoms with E-state index in [0.717, 1.165) is 3.93 Å². The van der Waals surface area contributed by atoms with Gasteiger partial charge in [-0.25, -0.2) is 0 Å². The predicted octanol–water partition coefficient (Wildman–Crippen LogP) is 6.72. The normalized spacial score (nSPS) is 16.2. The fourth-order valence-corrected chi connectivity index (χ4v) is 20.6. The van der Waals surface area contributed by atoms with Crippen molar-refractivity contribution in [2.45, 2.75) is 83.0 Å². The summed E-state index contributed by atoms with van der Waals surface area (Å²) in [7, 11) is 0. The molecule has 110 valence electrons. The van der Waals surface area contributed by atoms with E-state index in [9.17, 15) is 0 Å². The monoisotopic (exact) mass is 370 g/mol. The Hall–Kier alpha value is 0.279. The van der Waals surface area contributed by atoms with Crippen LogP contribution in [-0.2, 0) is 0 Å². The van der Waals surface area contributed by atoms with Crippen LogP contribution in [0.1, 0.15) is 65.7 Å². The first-order valence-corrected chi connectivity index (χ1v) is 16.3. The topological polar surface area (TPSA) is 0 Å². The Bertz CT molecular complexity index is 244. The van der Waals surface area contributed by atoms with Crippen LogP contribution >= 0.6 is 0 Å². The fraction of sp³-hybridized carbons (Fsp3) is 0.778. The van der Waals surface area contributed by atoms with Crippen molar-refractivity contribution in [2.24, 2.45) is 0 Å². The van der Waals surface area contributed by atoms with Gasteiger partial charge in [-0.3, -0.25) is 0 Å². The van der Waals surface area contributed by atoms with Crippen LogP contribution in [0.15, 0.2) is 24.3 Å². The van der Waals surface area contributed by atoms with E-state index in [-0.39, 0.29) is 0 Å². The van der Waals surface area contributed by atoms with Gasteiger partial charge in [0.25, 0.3) is 0 Å². The van der Waals surface area contributed by atoms with Crippen LogP contribution in [-0.4, -0.2) is 18.4 Å². The summed E-state index contributed by atoms with van der Waals surface area (Å²) < 4.78 is 5.80. The predicted molar refractivity (Wildman–Crippen MR) is 91.5 cm³/mol. The van der Waals surface area contributed by atoms with Crippen molar-refractivity contribution in [3.05, 3.63) is 24.3 Å². The summed E-state index contributed by atoms with van der Waals surface area (Å²) in [6, 6.07) is 0. The van der Waals surface area contributed by atoms with Gasteiger partial charge in [-0.15, -0.1) is 0 Å². The Labute approximate surface area is 125 Å². The molecule has 0 aromatic heterocycles. The minimum absolute atomic E-state index is 0.910. The fourth-order valence-electron chi connectivity index (χ4n) is 3.46. The zero-order valence-electron chi connectivity index (χ0n) is 13.5. The molecular formula is C18H34Sn. The van der Waals surface area contributed by atoms with Crippen molar-refractivity contribution in [1.82, 2.24) is 0 Å². The van der Waals surface area contributed by atoms with Crippen molar-refractivity contribution < 1.29 is 0 Å². The van der Waals surface area contributed by atoms with Gasteiger partial charge in [-0.05, 0) is 0 Å². The van der Waals surface area contributed by atoms with E-state index in [1.54, 1.807) is 13.3 Å². The third kappa shape index (κ3) is 5.65. The molecule has 1 aliphatic rings. The minimum atomic E-state index is -1.99. The molecule has 1 rings (SSSR count). The summed E-state index contributed by atoms with van der Waals surface area (Å²) in [5.74, 6) is 0. The second kappa shape index (κ2) is 10.1. The van der Waals surface area contributed by atoms with Crippen LogP contribution in [0.25, 0.3) is 0 Å². The molecule has 0 radical (unpaired) electrons. The molecule has 0 spiro atoms. The average Bonchev–Trinajstić information content (AvgIpc) is 2.48. The van der Waals surface area contributed by atoms with Gasteiger partial charge in [-0.2, -0.15) is 0 Å². The van der Waals surface area contributed by atoms with Gasteiger partial charge >= 0.3 is 126 Å². The van der Waals surface area contributed by atoms with Crippen LogP contribution in [0.2, 0.25) is 17.2 Å². The number of rotatable bonds is 10. The maximum atomic E-state index is 2.59. The molecule has 0 N–H and O–H groups in total. The first-order valence-electron chi connectivity index (χ1n) is 8.62. The molecule has 0 heterocycles. The van der Waals surface area contributed by atoms with E-state index in [1.165, 1.54) is 44.9 Å². The van der Waals surface area contributed by atoms with E-state index in [0.29, 0.717) is 0 Å². The Morgan fingerprint density at radius 3 is 1.58 bits per heavy atom. The third-order valence-electron chi connectivity index (χ3n) is 4.75. The average molecular weight is 369 g/mol. The molecule has 0 saturated carbocycles. The van der Waals surface area contributed by atoms with Gasteiger partial charge in [-0.1, -0.05) is 0 Å². The van der Waals surface area contributed by atoms with E-state index in [1.807, 2.05) is 0 Å². The Kier molecular flexibility index (Phi) is 9.19. The Morgan fingerprint density at radius 2 is 1.21 bits per heavy atom. The van der Waals surface area contributed by atoms with Gasteiger partial charge in [0, 0.05) is 0 Å². The van der Waals surface area contributed by atoms with Crippen LogP contribution < -0.4 is 0 Å². The molecule has 0 atom stereocenters. The van der Waals surface area contributed by atoms with Crippen molar-refractivity contribution in [2.75, 3.05) is 0 Å². The number of hydrogen-bond donors (Lipinski definition) is 0. The summed E-state index contributed by atoms with van der Waals surface area (Å²) in [5.41, 5.74) is 0. The standard InChI is InChI=1S/C6H7.3C4H9.Sn/c1-2-4-6-5-3-1;3*1-3-4-2;/h1-5H,6H2;3*1,3-4H2,2H3;. The van der Waals surface area contributed by atoms with Gasteiger partial charge in [0.15, 0.2) is 0 Å². The second-order valence-electron chi connectivity index (χ2n) is 6.29. The molecule has 0 bridgehead atoms. The second-order valence-corrected chi connectivity index (χ2v) is 20.3. The third-order valence-corrected chi connectivity index (χ3v) is 21.4. The van der Waals surface area contributed by atoms with Crippen LogP contribution in [0.4, 0.5) is 0 Å². The molecule has 1 heteroatoms. The SMILES string of the molecule is CCC[CH2][Sn]([CH2]CCC)([CH2]CCC)[CH]1C=CCC=C1. The van der Waals surface area contributed by atoms with Crippen LogP contribution in [0.3, 0.4) is 0 Å². The summed E-state index contributed by atoms with van der Waals surface area (Å²) in [4.78, 5) is 0. The van der Waals surface area contributed by atoms with E-state index < -0.39 is 18.4 Å². The summed E-state index contributed by atoms with van der Waals surface area (Å²) in [6.07, 6.45) is 19.8. The van der Waals surface area contributed by atoms with Crippen molar-refractivity contribution >= 4 is 18.4 Å². The summed E-state index contributed by atoms with van der Waals surface area (Å²) in [6.45, 7) is 7.09. The molecular weight excluding hydrogens is 335 g/mol. The molecule has 1 aliphatic carbocycles. The number of unbranched alkanes of at least 4 members (excludes halogenated alkanes) is 3. The summed E-state index contributed by atoms with van der Waals surface area (Å²) >= 11 is -1.99. The Morgan fingerprint density at radius 1 is 0.789 bits per heavy atom. The van der Waals surface area contributed by atoms with E-state index in [2.05, 4.69) is 45.1 Å². The van der Waals surface area contributed by atoms with Crippen LogP contribution in [0.5, 0.6) is 0 Å². The number of hydrogen-bond acceptors (Lipinski definition) is 0. The molecule has 0 aromatic rings. The van der Waals surface area contributed by atoms with Crippen molar-refractivity contribution in [1.29, 1.82) is 0 Å². The molecule has 0 nitrogen and oxygen atoms in total. The first-order chi connectivity index (χ1) is 9.29. The molecule has 0 amide bonds. The Balaban J connectivity index is 2.82. The molecule has 19 heavy (non-hydrogen) atoms. The van der Waals surface area contributed by atoms with Gasteiger partial charge in [0.2, 0.25) is 0 Å². The zero-order valence-corrected chi connectivity index (χ0v) is 16.3. The quantitative estimate of drug-likeness (QED) is 0.296. The first kappa shape index (κ1) is 17.3. The molecule has 0 aliphatic heterocycles. The molecule has 0 fully saturated rings. The maximum absolute atomic E-state index is 2.59. The molecule has 0 saturated heterocycles. The van der Waals surface area contributed by atoms with Crippen molar-refractivity contribution in [3.8, 4) is 0 Å². The molecule has 0 unspecified atom stereocenters.